The standard InChI is InChI=1S/C15H21N3O/c1-3-9-19-15-8-6-5-7-13(15)14-10-12(17-18-14)11-16-4-2/h5-8,10,16H,3-4,9,11H2,1-2H3,(H,17,18). The van der Waals surface area contributed by atoms with Gasteiger partial charge in [-0.1, -0.05) is 26.0 Å². The van der Waals surface area contributed by atoms with Crippen LogP contribution in [0.5, 0.6) is 5.75 Å². The van der Waals surface area contributed by atoms with E-state index >= 15 is 0 Å². The van der Waals surface area contributed by atoms with E-state index in [9.17, 15) is 0 Å². The van der Waals surface area contributed by atoms with Crippen molar-refractivity contribution in [2.24, 2.45) is 0 Å². The Hall–Kier alpha value is -1.81. The molecule has 0 aliphatic heterocycles. The van der Waals surface area contributed by atoms with Crippen molar-refractivity contribution in [1.29, 1.82) is 0 Å². The van der Waals surface area contributed by atoms with Crippen molar-refractivity contribution in [3.63, 3.8) is 0 Å². The molecule has 19 heavy (non-hydrogen) atoms. The highest BCUT2D eigenvalue weighted by atomic mass is 16.5. The maximum absolute atomic E-state index is 5.76. The van der Waals surface area contributed by atoms with Crippen molar-refractivity contribution >= 4 is 0 Å². The Balaban J connectivity index is 2.18. The molecule has 2 aromatic rings. The molecule has 1 heterocycles. The second-order valence-corrected chi connectivity index (χ2v) is 4.40. The Bertz CT molecular complexity index is 508. The van der Waals surface area contributed by atoms with Crippen LogP contribution in [0.3, 0.4) is 0 Å². The highest BCUT2D eigenvalue weighted by molar-refractivity contribution is 5.67. The van der Waals surface area contributed by atoms with Crippen molar-refractivity contribution in [2.45, 2.75) is 26.8 Å². The minimum absolute atomic E-state index is 0.728. The maximum Gasteiger partial charge on any atom is 0.128 e. The van der Waals surface area contributed by atoms with Gasteiger partial charge in [0.25, 0.3) is 0 Å². The lowest BCUT2D eigenvalue weighted by molar-refractivity contribution is 0.318. The van der Waals surface area contributed by atoms with Crippen molar-refractivity contribution in [2.75, 3.05) is 13.2 Å². The van der Waals surface area contributed by atoms with Crippen LogP contribution >= 0.6 is 0 Å². The van der Waals surface area contributed by atoms with Crippen molar-refractivity contribution in [3.8, 4) is 17.0 Å². The van der Waals surface area contributed by atoms with E-state index in [0.29, 0.717) is 0 Å². The Kier molecular flexibility index (Phi) is 4.98. The molecule has 2 rings (SSSR count). The summed E-state index contributed by atoms with van der Waals surface area (Å²) < 4.78 is 5.76. The van der Waals surface area contributed by atoms with Gasteiger partial charge >= 0.3 is 0 Å². The summed E-state index contributed by atoms with van der Waals surface area (Å²) in [5.74, 6) is 0.894. The van der Waals surface area contributed by atoms with E-state index < -0.39 is 0 Å². The maximum atomic E-state index is 5.76. The molecule has 0 amide bonds. The molecule has 4 nitrogen and oxygen atoms in total. The molecular weight excluding hydrogens is 238 g/mol. The second kappa shape index (κ2) is 6.95. The van der Waals surface area contributed by atoms with Crippen LogP contribution in [0.4, 0.5) is 0 Å². The molecule has 0 fully saturated rings. The molecule has 0 aliphatic carbocycles. The first-order chi connectivity index (χ1) is 9.35. The number of hydrogen-bond donors (Lipinski definition) is 2. The zero-order chi connectivity index (χ0) is 13.5. The topological polar surface area (TPSA) is 49.9 Å². The Morgan fingerprint density at radius 1 is 1.26 bits per heavy atom. The van der Waals surface area contributed by atoms with E-state index in [1.165, 1.54) is 0 Å². The fourth-order valence-electron chi connectivity index (χ4n) is 1.87. The summed E-state index contributed by atoms with van der Waals surface area (Å²) in [5, 5.41) is 10.7. The van der Waals surface area contributed by atoms with Crippen molar-refractivity contribution < 1.29 is 4.74 Å². The lowest BCUT2D eigenvalue weighted by Gasteiger charge is -2.08. The molecule has 0 aliphatic rings. The highest BCUT2D eigenvalue weighted by Gasteiger charge is 2.09. The van der Waals surface area contributed by atoms with E-state index in [0.717, 1.165) is 48.8 Å². The molecule has 0 saturated heterocycles. The Morgan fingerprint density at radius 2 is 2.11 bits per heavy atom. The van der Waals surface area contributed by atoms with E-state index in [1.54, 1.807) is 0 Å². The minimum atomic E-state index is 0.728. The van der Waals surface area contributed by atoms with Gasteiger partial charge in [0.2, 0.25) is 0 Å². The molecule has 0 radical (unpaired) electrons. The first-order valence-electron chi connectivity index (χ1n) is 6.82. The van der Waals surface area contributed by atoms with Gasteiger partial charge in [-0.25, -0.2) is 0 Å². The third kappa shape index (κ3) is 3.58. The lowest BCUT2D eigenvalue weighted by atomic mass is 10.1. The van der Waals surface area contributed by atoms with Crippen LogP contribution in [-0.4, -0.2) is 23.3 Å². The first kappa shape index (κ1) is 13.6. The number of para-hydroxylation sites is 1. The van der Waals surface area contributed by atoms with Crippen LogP contribution in [0.15, 0.2) is 30.3 Å². The summed E-state index contributed by atoms with van der Waals surface area (Å²) in [4.78, 5) is 0. The number of ether oxygens (including phenoxy) is 1. The number of hydrogen-bond acceptors (Lipinski definition) is 3. The molecule has 1 aromatic carbocycles. The predicted octanol–water partition coefficient (Wildman–Crippen LogP) is 2.98. The molecule has 0 atom stereocenters. The smallest absolute Gasteiger partial charge is 0.128 e. The van der Waals surface area contributed by atoms with Crippen LogP contribution in [-0.2, 0) is 6.54 Å². The Morgan fingerprint density at radius 3 is 2.89 bits per heavy atom. The molecule has 0 bridgehead atoms. The molecule has 2 N–H and O–H groups in total. The zero-order valence-corrected chi connectivity index (χ0v) is 11.6. The third-order valence-corrected chi connectivity index (χ3v) is 2.82. The predicted molar refractivity (Wildman–Crippen MR) is 77.2 cm³/mol. The first-order valence-corrected chi connectivity index (χ1v) is 6.82. The molecule has 0 unspecified atom stereocenters. The van der Waals surface area contributed by atoms with Gasteiger partial charge < -0.3 is 10.1 Å². The number of nitrogens with one attached hydrogen (secondary N) is 2. The van der Waals surface area contributed by atoms with Gasteiger partial charge in [-0.2, -0.15) is 5.10 Å². The van der Waals surface area contributed by atoms with E-state index in [2.05, 4.69) is 35.4 Å². The molecular formula is C15H21N3O. The van der Waals surface area contributed by atoms with Crippen LogP contribution in [0.1, 0.15) is 26.0 Å². The van der Waals surface area contributed by atoms with Gasteiger partial charge in [0.15, 0.2) is 0 Å². The quantitative estimate of drug-likeness (QED) is 0.803. The molecule has 1 aromatic heterocycles. The lowest BCUT2D eigenvalue weighted by Crippen LogP contribution is -2.11. The number of H-pyrrole nitrogens is 1. The Labute approximate surface area is 114 Å². The molecule has 102 valence electrons. The molecule has 0 saturated carbocycles. The van der Waals surface area contributed by atoms with Crippen LogP contribution < -0.4 is 10.1 Å². The fourth-order valence-corrected chi connectivity index (χ4v) is 1.87. The number of benzene rings is 1. The molecule has 4 heteroatoms. The minimum Gasteiger partial charge on any atom is -0.493 e. The average molecular weight is 259 g/mol. The fraction of sp³-hybridized carbons (Fsp3) is 0.400. The van der Waals surface area contributed by atoms with Crippen LogP contribution in [0.25, 0.3) is 11.3 Å². The van der Waals surface area contributed by atoms with Gasteiger partial charge in [0, 0.05) is 17.8 Å². The number of rotatable bonds is 7. The van der Waals surface area contributed by atoms with E-state index in [-0.39, 0.29) is 0 Å². The summed E-state index contributed by atoms with van der Waals surface area (Å²) in [6, 6.07) is 10.1. The zero-order valence-electron chi connectivity index (χ0n) is 11.6. The van der Waals surface area contributed by atoms with Crippen LogP contribution in [0.2, 0.25) is 0 Å². The third-order valence-electron chi connectivity index (χ3n) is 2.82. The SMILES string of the molecule is CCCOc1ccccc1-c1cc(CNCC)[nH]n1. The summed E-state index contributed by atoms with van der Waals surface area (Å²) in [6.45, 7) is 6.68. The van der Waals surface area contributed by atoms with Crippen molar-refractivity contribution in [1.82, 2.24) is 15.5 Å². The monoisotopic (exact) mass is 259 g/mol. The summed E-state index contributed by atoms with van der Waals surface area (Å²) in [5.41, 5.74) is 3.05. The highest BCUT2D eigenvalue weighted by Crippen LogP contribution is 2.28. The number of aromatic nitrogens is 2. The normalized spacial score (nSPS) is 10.6. The van der Waals surface area contributed by atoms with Crippen LogP contribution in [0, 0.1) is 0 Å². The van der Waals surface area contributed by atoms with Crippen molar-refractivity contribution in [3.05, 3.63) is 36.0 Å². The number of nitrogens with zero attached hydrogens (tertiary/aromatic N) is 1. The summed E-state index contributed by atoms with van der Waals surface area (Å²) in [6.07, 6.45) is 1.00. The van der Waals surface area contributed by atoms with Gasteiger partial charge in [-0.3, -0.25) is 5.10 Å². The van der Waals surface area contributed by atoms with Gasteiger partial charge in [-0.05, 0) is 31.2 Å². The summed E-state index contributed by atoms with van der Waals surface area (Å²) >= 11 is 0. The number of aromatic amines is 1. The molecule has 0 spiro atoms. The second-order valence-electron chi connectivity index (χ2n) is 4.40. The average Bonchev–Trinajstić information content (AvgIpc) is 2.92. The largest absolute Gasteiger partial charge is 0.493 e. The van der Waals surface area contributed by atoms with Gasteiger partial charge in [0.1, 0.15) is 5.75 Å². The summed E-state index contributed by atoms with van der Waals surface area (Å²) in [7, 11) is 0. The van der Waals surface area contributed by atoms with Gasteiger partial charge in [0.05, 0.1) is 12.3 Å². The van der Waals surface area contributed by atoms with Gasteiger partial charge in [-0.15, -0.1) is 0 Å². The van der Waals surface area contributed by atoms with E-state index in [1.807, 2.05) is 24.3 Å². The van der Waals surface area contributed by atoms with E-state index in [4.69, 9.17) is 4.74 Å².